The fourth-order valence-corrected chi connectivity index (χ4v) is 2.79. The van der Waals surface area contributed by atoms with Gasteiger partial charge in [0.15, 0.2) is 0 Å². The van der Waals surface area contributed by atoms with Gasteiger partial charge in [-0.05, 0) is 49.4 Å². The van der Waals surface area contributed by atoms with Crippen LogP contribution in [0.1, 0.15) is 32.6 Å². The lowest BCUT2D eigenvalue weighted by Crippen LogP contribution is -2.44. The summed E-state index contributed by atoms with van der Waals surface area (Å²) in [7, 11) is 0. The van der Waals surface area contributed by atoms with E-state index in [2.05, 4.69) is 12.2 Å². The van der Waals surface area contributed by atoms with E-state index in [4.69, 9.17) is 11.6 Å². The molecule has 98 valence electrons. The van der Waals surface area contributed by atoms with Crippen molar-refractivity contribution in [2.75, 3.05) is 5.32 Å². The molecule has 0 aliphatic heterocycles. The van der Waals surface area contributed by atoms with Crippen molar-refractivity contribution in [2.24, 2.45) is 5.92 Å². The minimum absolute atomic E-state index is 0.501. The third-order valence-electron chi connectivity index (χ3n) is 3.83. The maximum atomic E-state index is 11.6. The molecular formula is C14H18ClNO2. The van der Waals surface area contributed by atoms with E-state index in [9.17, 15) is 9.90 Å². The third kappa shape index (κ3) is 2.61. The lowest BCUT2D eigenvalue weighted by Gasteiger charge is -2.27. The molecule has 1 saturated carbocycles. The number of carboxylic acid groups (broad SMARTS) is 1. The van der Waals surface area contributed by atoms with Crippen LogP contribution in [-0.4, -0.2) is 16.6 Å². The van der Waals surface area contributed by atoms with Crippen LogP contribution in [0.25, 0.3) is 0 Å². The molecule has 1 aliphatic carbocycles. The SMILES string of the molecule is CCC1CCC(Nc2ccc(Cl)cc2)(C(=O)O)C1. The average Bonchev–Trinajstić information content (AvgIpc) is 2.77. The Bertz CT molecular complexity index is 432. The van der Waals surface area contributed by atoms with Crippen molar-refractivity contribution in [1.29, 1.82) is 0 Å². The number of halogens is 1. The molecule has 1 fully saturated rings. The highest BCUT2D eigenvalue weighted by molar-refractivity contribution is 6.30. The van der Waals surface area contributed by atoms with Gasteiger partial charge in [-0.25, -0.2) is 4.79 Å². The molecule has 0 radical (unpaired) electrons. The third-order valence-corrected chi connectivity index (χ3v) is 4.08. The van der Waals surface area contributed by atoms with Crippen molar-refractivity contribution >= 4 is 23.3 Å². The molecule has 1 aromatic rings. The molecule has 0 bridgehead atoms. The topological polar surface area (TPSA) is 49.3 Å². The molecule has 0 aromatic heterocycles. The van der Waals surface area contributed by atoms with Crippen LogP contribution in [0.15, 0.2) is 24.3 Å². The summed E-state index contributed by atoms with van der Waals surface area (Å²) >= 11 is 5.83. The van der Waals surface area contributed by atoms with Gasteiger partial charge in [-0.3, -0.25) is 0 Å². The first-order valence-electron chi connectivity index (χ1n) is 6.33. The summed E-state index contributed by atoms with van der Waals surface area (Å²) in [6, 6.07) is 7.19. The van der Waals surface area contributed by atoms with Gasteiger partial charge in [-0.15, -0.1) is 0 Å². The second-order valence-corrected chi connectivity index (χ2v) is 5.47. The van der Waals surface area contributed by atoms with Gasteiger partial charge in [0.25, 0.3) is 0 Å². The maximum Gasteiger partial charge on any atom is 0.329 e. The lowest BCUT2D eigenvalue weighted by molar-refractivity contribution is -0.142. The highest BCUT2D eigenvalue weighted by atomic mass is 35.5. The number of benzene rings is 1. The number of rotatable bonds is 4. The second kappa shape index (κ2) is 5.19. The Kier molecular flexibility index (Phi) is 3.81. The minimum Gasteiger partial charge on any atom is -0.480 e. The summed E-state index contributed by atoms with van der Waals surface area (Å²) < 4.78 is 0. The molecule has 0 saturated heterocycles. The summed E-state index contributed by atoms with van der Waals surface area (Å²) in [4.78, 5) is 11.6. The molecule has 2 unspecified atom stereocenters. The summed E-state index contributed by atoms with van der Waals surface area (Å²) in [5, 5.41) is 13.3. The number of hydrogen-bond acceptors (Lipinski definition) is 2. The van der Waals surface area contributed by atoms with Gasteiger partial charge in [0, 0.05) is 10.7 Å². The Labute approximate surface area is 112 Å². The molecule has 4 heteroatoms. The Morgan fingerprint density at radius 1 is 1.50 bits per heavy atom. The fraction of sp³-hybridized carbons (Fsp3) is 0.500. The molecular weight excluding hydrogens is 250 g/mol. The number of carboxylic acids is 1. The molecule has 0 amide bonds. The zero-order chi connectivity index (χ0) is 13.2. The average molecular weight is 268 g/mol. The maximum absolute atomic E-state index is 11.6. The predicted octanol–water partition coefficient (Wildman–Crippen LogP) is 3.79. The lowest BCUT2D eigenvalue weighted by atomic mass is 9.94. The van der Waals surface area contributed by atoms with E-state index in [1.165, 1.54) is 0 Å². The van der Waals surface area contributed by atoms with Crippen LogP contribution in [0.2, 0.25) is 5.02 Å². The highest BCUT2D eigenvalue weighted by Crippen LogP contribution is 2.39. The molecule has 2 rings (SSSR count). The van der Waals surface area contributed by atoms with E-state index in [1.54, 1.807) is 12.1 Å². The van der Waals surface area contributed by atoms with E-state index in [0.29, 0.717) is 23.8 Å². The second-order valence-electron chi connectivity index (χ2n) is 5.04. The van der Waals surface area contributed by atoms with Crippen LogP contribution in [0, 0.1) is 5.92 Å². The molecule has 1 aromatic carbocycles. The molecule has 3 nitrogen and oxygen atoms in total. The van der Waals surface area contributed by atoms with Crippen LogP contribution in [0.4, 0.5) is 5.69 Å². The largest absolute Gasteiger partial charge is 0.480 e. The summed E-state index contributed by atoms with van der Waals surface area (Å²) in [6.45, 7) is 2.12. The van der Waals surface area contributed by atoms with Crippen LogP contribution in [-0.2, 0) is 4.79 Å². The first-order chi connectivity index (χ1) is 8.55. The zero-order valence-electron chi connectivity index (χ0n) is 10.4. The zero-order valence-corrected chi connectivity index (χ0v) is 11.2. The van der Waals surface area contributed by atoms with Crippen LogP contribution in [0.3, 0.4) is 0 Å². The normalized spacial score (nSPS) is 27.1. The predicted molar refractivity (Wildman–Crippen MR) is 73.1 cm³/mol. The van der Waals surface area contributed by atoms with E-state index < -0.39 is 11.5 Å². The van der Waals surface area contributed by atoms with Crippen molar-refractivity contribution in [3.8, 4) is 0 Å². The van der Waals surface area contributed by atoms with Gasteiger partial charge in [0.1, 0.15) is 5.54 Å². The summed E-state index contributed by atoms with van der Waals surface area (Å²) in [5.74, 6) is -0.255. The van der Waals surface area contributed by atoms with Crippen LogP contribution in [0.5, 0.6) is 0 Å². The van der Waals surface area contributed by atoms with Gasteiger partial charge in [0.2, 0.25) is 0 Å². The first kappa shape index (κ1) is 13.2. The van der Waals surface area contributed by atoms with E-state index >= 15 is 0 Å². The summed E-state index contributed by atoms with van der Waals surface area (Å²) in [5.41, 5.74) is 0.00710. The molecule has 2 atom stereocenters. The smallest absolute Gasteiger partial charge is 0.329 e. The Hall–Kier alpha value is -1.22. The fourth-order valence-electron chi connectivity index (χ4n) is 2.67. The first-order valence-corrected chi connectivity index (χ1v) is 6.71. The van der Waals surface area contributed by atoms with Gasteiger partial charge in [-0.2, -0.15) is 0 Å². The van der Waals surface area contributed by atoms with E-state index in [-0.39, 0.29) is 0 Å². The van der Waals surface area contributed by atoms with Crippen LogP contribution >= 0.6 is 11.6 Å². The molecule has 18 heavy (non-hydrogen) atoms. The number of aliphatic carboxylic acids is 1. The highest BCUT2D eigenvalue weighted by Gasteiger charge is 2.44. The van der Waals surface area contributed by atoms with Gasteiger partial charge >= 0.3 is 5.97 Å². The monoisotopic (exact) mass is 267 g/mol. The van der Waals surface area contributed by atoms with Crippen molar-refractivity contribution in [2.45, 2.75) is 38.1 Å². The molecule has 2 N–H and O–H groups in total. The Morgan fingerprint density at radius 2 is 2.17 bits per heavy atom. The van der Waals surface area contributed by atoms with Gasteiger partial charge < -0.3 is 10.4 Å². The van der Waals surface area contributed by atoms with E-state index in [1.807, 2.05) is 12.1 Å². The van der Waals surface area contributed by atoms with E-state index in [0.717, 1.165) is 18.5 Å². The number of nitrogens with one attached hydrogen (secondary N) is 1. The van der Waals surface area contributed by atoms with Crippen molar-refractivity contribution < 1.29 is 9.90 Å². The Balaban J connectivity index is 2.17. The molecule has 0 heterocycles. The van der Waals surface area contributed by atoms with Gasteiger partial charge in [-0.1, -0.05) is 24.9 Å². The van der Waals surface area contributed by atoms with Crippen molar-refractivity contribution in [1.82, 2.24) is 0 Å². The quantitative estimate of drug-likeness (QED) is 0.873. The number of anilines is 1. The number of hydrogen-bond donors (Lipinski definition) is 2. The van der Waals surface area contributed by atoms with Crippen molar-refractivity contribution in [3.05, 3.63) is 29.3 Å². The molecule has 1 aliphatic rings. The minimum atomic E-state index is -0.811. The summed E-state index contributed by atoms with van der Waals surface area (Å²) in [6.07, 6.45) is 3.39. The Morgan fingerprint density at radius 3 is 2.67 bits per heavy atom. The number of carbonyl (C=O) groups is 1. The van der Waals surface area contributed by atoms with Crippen LogP contribution < -0.4 is 5.32 Å². The molecule has 0 spiro atoms. The van der Waals surface area contributed by atoms with Gasteiger partial charge in [0.05, 0.1) is 0 Å². The van der Waals surface area contributed by atoms with Crippen molar-refractivity contribution in [3.63, 3.8) is 0 Å². The standard InChI is InChI=1S/C14H18ClNO2/c1-2-10-7-8-14(9-10,13(17)18)16-12-5-3-11(15)4-6-12/h3-6,10,16H,2,7-9H2,1H3,(H,17,18).